The summed E-state index contributed by atoms with van der Waals surface area (Å²) in [5, 5.41) is 1.27. The van der Waals surface area contributed by atoms with Gasteiger partial charge in [0, 0.05) is 0 Å². The lowest BCUT2D eigenvalue weighted by Gasteiger charge is -2.14. The van der Waals surface area contributed by atoms with E-state index in [2.05, 4.69) is 5.32 Å². The summed E-state index contributed by atoms with van der Waals surface area (Å²) in [6.07, 6.45) is -4.72. The van der Waals surface area contributed by atoms with E-state index in [4.69, 9.17) is 17.3 Å². The Kier molecular flexibility index (Phi) is 4.95. The third kappa shape index (κ3) is 3.94. The second-order valence-electron chi connectivity index (χ2n) is 4.09. The second-order valence-corrected chi connectivity index (χ2v) is 4.47. The second kappa shape index (κ2) is 6.13. The summed E-state index contributed by atoms with van der Waals surface area (Å²) in [6.45, 7) is 1.17. The van der Waals surface area contributed by atoms with Gasteiger partial charge in [0.1, 0.15) is 0 Å². The Balaban J connectivity index is 3.05. The lowest BCUT2D eigenvalue weighted by Crippen LogP contribution is -2.44. The van der Waals surface area contributed by atoms with E-state index in [-0.39, 0.29) is 0 Å². The number of ketones is 1. The van der Waals surface area contributed by atoms with Crippen molar-refractivity contribution in [3.63, 3.8) is 0 Å². The van der Waals surface area contributed by atoms with E-state index in [1.807, 2.05) is 0 Å². The number of nitrogens with one attached hydrogen (secondary N) is 1. The average molecular weight is 323 g/mol. The molecule has 114 valence electrons. The maximum atomic E-state index is 12.7. The van der Waals surface area contributed by atoms with Crippen molar-refractivity contribution in [3.8, 4) is 0 Å². The molecule has 0 saturated heterocycles. The third-order valence-corrected chi connectivity index (χ3v) is 2.94. The van der Waals surface area contributed by atoms with E-state index < -0.39 is 46.0 Å². The molecule has 0 saturated carbocycles. The van der Waals surface area contributed by atoms with Gasteiger partial charge in [-0.3, -0.25) is 14.4 Å². The van der Waals surface area contributed by atoms with Crippen LogP contribution in [0.3, 0.4) is 0 Å². The molecular weight excluding hydrogens is 313 g/mol. The van der Waals surface area contributed by atoms with E-state index in [1.165, 1.54) is 6.92 Å². The van der Waals surface area contributed by atoms with Gasteiger partial charge in [-0.15, -0.1) is 0 Å². The van der Waals surface area contributed by atoms with Crippen molar-refractivity contribution < 1.29 is 27.6 Å². The number of hydrogen-bond acceptors (Lipinski definition) is 3. The summed E-state index contributed by atoms with van der Waals surface area (Å²) in [6, 6.07) is 1.51. The largest absolute Gasteiger partial charge is 0.417 e. The lowest BCUT2D eigenvalue weighted by molar-refractivity contribution is -0.137. The van der Waals surface area contributed by atoms with Crippen LogP contribution in [0.1, 0.15) is 22.8 Å². The summed E-state index contributed by atoms with van der Waals surface area (Å²) in [5.41, 5.74) is 3.11. The zero-order valence-corrected chi connectivity index (χ0v) is 11.4. The summed E-state index contributed by atoms with van der Waals surface area (Å²) in [5.74, 6) is -3.36. The molecule has 0 aliphatic heterocycles. The van der Waals surface area contributed by atoms with Crippen molar-refractivity contribution in [1.29, 1.82) is 0 Å². The van der Waals surface area contributed by atoms with E-state index in [0.29, 0.717) is 0 Å². The Morgan fingerprint density at radius 1 is 1.29 bits per heavy atom. The highest BCUT2D eigenvalue weighted by Crippen LogP contribution is 2.36. The van der Waals surface area contributed by atoms with E-state index >= 15 is 0 Å². The first-order valence-electron chi connectivity index (χ1n) is 5.56. The maximum Gasteiger partial charge on any atom is 0.417 e. The number of rotatable bonds is 4. The number of carbonyl (C=O) groups excluding carboxylic acids is 3. The Morgan fingerprint density at radius 3 is 2.33 bits per heavy atom. The Morgan fingerprint density at radius 2 is 1.86 bits per heavy atom. The molecule has 1 unspecified atom stereocenters. The molecular formula is C12H10ClF3N2O3. The highest BCUT2D eigenvalue weighted by molar-refractivity contribution is 6.38. The fourth-order valence-corrected chi connectivity index (χ4v) is 1.80. The van der Waals surface area contributed by atoms with Gasteiger partial charge in [-0.1, -0.05) is 17.7 Å². The van der Waals surface area contributed by atoms with Crippen LogP contribution in [-0.2, 0) is 15.8 Å². The zero-order valence-electron chi connectivity index (χ0n) is 10.6. The molecule has 3 N–H and O–H groups in total. The first kappa shape index (κ1) is 17.0. The summed E-state index contributed by atoms with van der Waals surface area (Å²) in [4.78, 5) is 33.7. The highest BCUT2D eigenvalue weighted by Gasteiger charge is 2.35. The fraction of sp³-hybridized carbons (Fsp3) is 0.250. The van der Waals surface area contributed by atoms with Crippen LogP contribution < -0.4 is 11.1 Å². The van der Waals surface area contributed by atoms with Crippen molar-refractivity contribution >= 4 is 29.2 Å². The van der Waals surface area contributed by atoms with Crippen molar-refractivity contribution in [2.75, 3.05) is 0 Å². The van der Waals surface area contributed by atoms with Gasteiger partial charge in [-0.05, 0) is 19.1 Å². The molecule has 0 fully saturated rings. The molecule has 1 atom stereocenters. The standard InChI is InChI=1S/C12H10ClF3N2O3/c1-5(9(19)10(17)20)18-11(21)6-3-2-4-7(8(6)13)12(14,15)16/h2-5H,1H3,(H2,17,20)(H,18,21). The van der Waals surface area contributed by atoms with Gasteiger partial charge in [0.05, 0.1) is 22.2 Å². The number of halogens is 4. The predicted octanol–water partition coefficient (Wildman–Crippen LogP) is 1.53. The van der Waals surface area contributed by atoms with Crippen molar-refractivity contribution in [1.82, 2.24) is 5.32 Å². The van der Waals surface area contributed by atoms with Crippen LogP contribution in [0, 0.1) is 0 Å². The third-order valence-electron chi connectivity index (χ3n) is 2.53. The first-order valence-corrected chi connectivity index (χ1v) is 5.93. The van der Waals surface area contributed by atoms with Crippen LogP contribution in [0.4, 0.5) is 13.2 Å². The van der Waals surface area contributed by atoms with Gasteiger partial charge in [0.2, 0.25) is 5.78 Å². The molecule has 2 amide bonds. The number of primary amides is 1. The summed E-state index contributed by atoms with van der Waals surface area (Å²) < 4.78 is 38.0. The normalized spacial score (nSPS) is 12.6. The Hall–Kier alpha value is -2.09. The molecule has 5 nitrogen and oxygen atoms in total. The van der Waals surface area contributed by atoms with Gasteiger partial charge in [-0.25, -0.2) is 0 Å². The van der Waals surface area contributed by atoms with Crippen molar-refractivity contribution in [2.24, 2.45) is 5.73 Å². The molecule has 0 radical (unpaired) electrons. The number of Topliss-reactive ketones (excluding diaryl/α,β-unsaturated/α-hetero) is 1. The maximum absolute atomic E-state index is 12.7. The van der Waals surface area contributed by atoms with Crippen LogP contribution in [-0.4, -0.2) is 23.6 Å². The molecule has 1 rings (SSSR count). The van der Waals surface area contributed by atoms with E-state index in [9.17, 15) is 27.6 Å². The zero-order chi connectivity index (χ0) is 16.4. The molecule has 0 aliphatic rings. The first-order chi connectivity index (χ1) is 9.55. The number of carbonyl (C=O) groups is 3. The van der Waals surface area contributed by atoms with Crippen LogP contribution in [0.15, 0.2) is 18.2 Å². The van der Waals surface area contributed by atoms with Gasteiger partial charge in [-0.2, -0.15) is 13.2 Å². The van der Waals surface area contributed by atoms with Gasteiger partial charge in [0.15, 0.2) is 0 Å². The fourth-order valence-electron chi connectivity index (χ4n) is 1.48. The van der Waals surface area contributed by atoms with Gasteiger partial charge < -0.3 is 11.1 Å². The molecule has 21 heavy (non-hydrogen) atoms. The van der Waals surface area contributed by atoms with Crippen molar-refractivity contribution in [3.05, 3.63) is 34.3 Å². The van der Waals surface area contributed by atoms with Crippen LogP contribution >= 0.6 is 11.6 Å². The van der Waals surface area contributed by atoms with Crippen LogP contribution in [0.2, 0.25) is 5.02 Å². The molecule has 1 aromatic carbocycles. The SMILES string of the molecule is CC(NC(=O)c1cccc(C(F)(F)F)c1Cl)C(=O)C(N)=O. The average Bonchev–Trinajstić information content (AvgIpc) is 2.36. The molecule has 0 heterocycles. The number of benzene rings is 1. The summed E-state index contributed by atoms with van der Waals surface area (Å²) in [7, 11) is 0. The highest BCUT2D eigenvalue weighted by atomic mass is 35.5. The summed E-state index contributed by atoms with van der Waals surface area (Å²) >= 11 is 5.56. The number of nitrogens with two attached hydrogens (primary N) is 1. The molecule has 9 heteroatoms. The van der Waals surface area contributed by atoms with E-state index in [0.717, 1.165) is 18.2 Å². The molecule has 0 bridgehead atoms. The molecule has 0 aliphatic carbocycles. The van der Waals surface area contributed by atoms with Gasteiger partial charge >= 0.3 is 6.18 Å². The Labute approximate surface area is 122 Å². The number of hydrogen-bond donors (Lipinski definition) is 2. The molecule has 0 aromatic heterocycles. The number of amides is 2. The van der Waals surface area contributed by atoms with Crippen molar-refractivity contribution in [2.45, 2.75) is 19.1 Å². The monoisotopic (exact) mass is 322 g/mol. The van der Waals surface area contributed by atoms with Crippen LogP contribution in [0.5, 0.6) is 0 Å². The minimum atomic E-state index is -4.72. The van der Waals surface area contributed by atoms with Gasteiger partial charge in [0.25, 0.3) is 11.8 Å². The Bertz CT molecular complexity index is 602. The quantitative estimate of drug-likeness (QED) is 0.824. The predicted molar refractivity (Wildman–Crippen MR) is 67.6 cm³/mol. The molecule has 1 aromatic rings. The number of alkyl halides is 3. The minimum absolute atomic E-state index is 0.462. The smallest absolute Gasteiger partial charge is 0.363 e. The molecule has 0 spiro atoms. The minimum Gasteiger partial charge on any atom is -0.363 e. The van der Waals surface area contributed by atoms with Crippen LogP contribution in [0.25, 0.3) is 0 Å². The topological polar surface area (TPSA) is 89.3 Å². The van der Waals surface area contributed by atoms with E-state index in [1.54, 1.807) is 0 Å². The lowest BCUT2D eigenvalue weighted by atomic mass is 10.1.